The molecule has 0 fully saturated rings. The average molecular weight is 162 g/mol. The van der Waals surface area contributed by atoms with E-state index in [0.717, 1.165) is 0 Å². The molecule has 0 amide bonds. The van der Waals surface area contributed by atoms with Crippen LogP contribution in [-0.4, -0.2) is 4.92 Å². The van der Waals surface area contributed by atoms with Crippen molar-refractivity contribution >= 4 is 11.6 Å². The summed E-state index contributed by atoms with van der Waals surface area (Å²) in [4.78, 5) is 9.63. The summed E-state index contributed by atoms with van der Waals surface area (Å²) in [6.07, 6.45) is 2.94. The van der Waals surface area contributed by atoms with E-state index in [9.17, 15) is 10.1 Å². The zero-order chi connectivity index (χ0) is 8.15. The Hall–Kier alpha value is -0.830. The van der Waals surface area contributed by atoms with Crippen molar-refractivity contribution in [2.24, 2.45) is 0 Å². The Morgan fingerprint density at radius 2 is 2.20 bits per heavy atom. The van der Waals surface area contributed by atoms with Gasteiger partial charge in [0.2, 0.25) is 0 Å². The summed E-state index contributed by atoms with van der Waals surface area (Å²) in [5.74, 6) is 0. The molecule has 0 aliphatic heterocycles. The fourth-order valence-corrected chi connectivity index (χ4v) is 0.591. The molecule has 0 radical (unpaired) electrons. The normalized spacial score (nSPS) is 13.5. The fourth-order valence-electron chi connectivity index (χ4n) is 0.459. The molecule has 0 bridgehead atoms. The molecule has 0 N–H and O–H groups in total. The van der Waals surface area contributed by atoms with Crippen molar-refractivity contribution < 1.29 is 4.92 Å². The lowest BCUT2D eigenvalue weighted by Crippen LogP contribution is -1.95. The molecule has 0 heterocycles. The highest BCUT2D eigenvalue weighted by Gasteiger charge is 2.07. The highest BCUT2D eigenvalue weighted by atomic mass is 35.5. The van der Waals surface area contributed by atoms with Crippen LogP contribution in [0.25, 0.3) is 0 Å². The highest BCUT2D eigenvalue weighted by Crippen LogP contribution is 2.09. The van der Waals surface area contributed by atoms with Gasteiger partial charge in [-0.2, -0.15) is 0 Å². The molecule has 0 saturated carbocycles. The summed E-state index contributed by atoms with van der Waals surface area (Å²) < 4.78 is 0. The van der Waals surface area contributed by atoms with Gasteiger partial charge in [-0.15, -0.1) is 0 Å². The van der Waals surface area contributed by atoms with Crippen LogP contribution in [0.4, 0.5) is 0 Å². The predicted molar refractivity (Wildman–Crippen MR) is 40.4 cm³/mol. The molecule has 0 rings (SSSR count). The minimum Gasteiger partial charge on any atom is -0.258 e. The Morgan fingerprint density at radius 1 is 1.70 bits per heavy atom. The molecular weight excluding hydrogens is 154 g/mol. The first-order valence-corrected chi connectivity index (χ1v) is 3.11. The lowest BCUT2D eigenvalue weighted by molar-refractivity contribution is -0.419. The Labute approximate surface area is 64.1 Å². The summed E-state index contributed by atoms with van der Waals surface area (Å²) in [5, 5.41) is 10.3. The van der Waals surface area contributed by atoms with E-state index in [0.29, 0.717) is 0 Å². The fraction of sp³-hybridized carbons (Fsp3) is 0.333. The van der Waals surface area contributed by atoms with Crippen LogP contribution in [-0.2, 0) is 0 Å². The van der Waals surface area contributed by atoms with Gasteiger partial charge in [0, 0.05) is 6.08 Å². The minimum atomic E-state index is -0.512. The molecule has 56 valence electrons. The van der Waals surface area contributed by atoms with Gasteiger partial charge in [-0.1, -0.05) is 17.7 Å². The summed E-state index contributed by atoms with van der Waals surface area (Å²) in [6, 6.07) is 0. The molecule has 0 aromatic rings. The average Bonchev–Trinajstić information content (AvgIpc) is 1.81. The van der Waals surface area contributed by atoms with Crippen LogP contribution < -0.4 is 0 Å². The maximum Gasteiger partial charge on any atom is 0.283 e. The van der Waals surface area contributed by atoms with E-state index in [1.807, 2.05) is 0 Å². The van der Waals surface area contributed by atoms with Gasteiger partial charge in [0.25, 0.3) is 5.70 Å². The van der Waals surface area contributed by atoms with Gasteiger partial charge in [0.05, 0.1) is 9.96 Å². The van der Waals surface area contributed by atoms with Gasteiger partial charge in [0.1, 0.15) is 0 Å². The van der Waals surface area contributed by atoms with Crippen molar-refractivity contribution in [3.8, 4) is 0 Å². The second-order valence-electron chi connectivity index (χ2n) is 1.68. The Kier molecular flexibility index (Phi) is 3.72. The van der Waals surface area contributed by atoms with Crippen LogP contribution in [0.5, 0.6) is 0 Å². The first kappa shape index (κ1) is 9.17. The van der Waals surface area contributed by atoms with Crippen molar-refractivity contribution in [2.75, 3.05) is 0 Å². The lowest BCUT2D eigenvalue weighted by atomic mass is 10.4. The second-order valence-corrected chi connectivity index (χ2v) is 2.24. The summed E-state index contributed by atoms with van der Waals surface area (Å²) in [6.45, 7) is 3.18. The van der Waals surface area contributed by atoms with Crippen LogP contribution in [0.3, 0.4) is 0 Å². The summed E-state index contributed by atoms with van der Waals surface area (Å²) >= 11 is 5.40. The SMILES string of the molecule is C/C=C\C(=C(/C)Cl)[N+](=O)[O-]. The number of rotatable bonds is 2. The molecular formula is C6H8ClNO2. The van der Waals surface area contributed by atoms with E-state index in [4.69, 9.17) is 11.6 Å². The van der Waals surface area contributed by atoms with Crippen molar-refractivity contribution in [2.45, 2.75) is 13.8 Å². The number of allylic oxidation sites excluding steroid dienone is 3. The van der Waals surface area contributed by atoms with E-state index in [2.05, 4.69) is 0 Å². The Morgan fingerprint density at radius 3 is 2.30 bits per heavy atom. The third-order valence-corrected chi connectivity index (χ3v) is 1.07. The smallest absolute Gasteiger partial charge is 0.258 e. The van der Waals surface area contributed by atoms with Gasteiger partial charge in [-0.3, -0.25) is 10.1 Å². The molecule has 0 aromatic carbocycles. The molecule has 0 saturated heterocycles. The number of halogens is 1. The van der Waals surface area contributed by atoms with Crippen molar-refractivity contribution in [3.63, 3.8) is 0 Å². The van der Waals surface area contributed by atoms with Gasteiger partial charge in [0.15, 0.2) is 0 Å². The van der Waals surface area contributed by atoms with E-state index in [1.165, 1.54) is 13.0 Å². The quantitative estimate of drug-likeness (QED) is 0.354. The van der Waals surface area contributed by atoms with Crippen LogP contribution in [0, 0.1) is 10.1 Å². The predicted octanol–water partition coefficient (Wildman–Crippen LogP) is 2.31. The molecule has 0 unspecified atom stereocenters. The largest absolute Gasteiger partial charge is 0.283 e. The Bertz CT molecular complexity index is 192. The molecule has 0 aliphatic carbocycles. The van der Waals surface area contributed by atoms with Gasteiger partial charge >= 0.3 is 0 Å². The minimum absolute atomic E-state index is 0.0517. The number of nitrogens with zero attached hydrogens (tertiary/aromatic N) is 1. The number of nitro groups is 1. The summed E-state index contributed by atoms with van der Waals surface area (Å²) in [7, 11) is 0. The zero-order valence-electron chi connectivity index (χ0n) is 5.80. The maximum absolute atomic E-state index is 10.1. The van der Waals surface area contributed by atoms with Crippen LogP contribution in [0.15, 0.2) is 22.9 Å². The van der Waals surface area contributed by atoms with Crippen LogP contribution in [0.2, 0.25) is 0 Å². The number of hydrogen-bond acceptors (Lipinski definition) is 2. The molecule has 0 spiro atoms. The molecule has 4 heteroatoms. The first-order chi connectivity index (χ1) is 4.59. The maximum atomic E-state index is 10.1. The molecule has 3 nitrogen and oxygen atoms in total. The van der Waals surface area contributed by atoms with Gasteiger partial charge in [-0.05, 0) is 13.8 Å². The first-order valence-electron chi connectivity index (χ1n) is 2.73. The highest BCUT2D eigenvalue weighted by molar-refractivity contribution is 6.29. The molecule has 10 heavy (non-hydrogen) atoms. The lowest BCUT2D eigenvalue weighted by Gasteiger charge is -1.89. The van der Waals surface area contributed by atoms with Gasteiger partial charge < -0.3 is 0 Å². The third-order valence-electron chi connectivity index (χ3n) is 0.874. The van der Waals surface area contributed by atoms with Crippen LogP contribution >= 0.6 is 11.6 Å². The molecule has 0 aliphatic rings. The summed E-state index contributed by atoms with van der Waals surface area (Å²) in [5.41, 5.74) is -0.0517. The van der Waals surface area contributed by atoms with Crippen molar-refractivity contribution in [1.29, 1.82) is 0 Å². The number of hydrogen-bond donors (Lipinski definition) is 0. The molecule has 0 aromatic heterocycles. The topological polar surface area (TPSA) is 43.1 Å². The van der Waals surface area contributed by atoms with Crippen molar-refractivity contribution in [1.82, 2.24) is 0 Å². The van der Waals surface area contributed by atoms with E-state index >= 15 is 0 Å². The Balaban J connectivity index is 4.61. The van der Waals surface area contributed by atoms with Gasteiger partial charge in [-0.25, -0.2) is 0 Å². The molecule has 0 atom stereocenters. The monoisotopic (exact) mass is 161 g/mol. The van der Waals surface area contributed by atoms with E-state index in [-0.39, 0.29) is 10.7 Å². The second kappa shape index (κ2) is 4.06. The van der Waals surface area contributed by atoms with E-state index < -0.39 is 4.92 Å². The zero-order valence-corrected chi connectivity index (χ0v) is 6.55. The van der Waals surface area contributed by atoms with E-state index in [1.54, 1.807) is 13.0 Å². The third kappa shape index (κ3) is 2.64. The van der Waals surface area contributed by atoms with Crippen LogP contribution in [0.1, 0.15) is 13.8 Å². The van der Waals surface area contributed by atoms with Crippen molar-refractivity contribution in [3.05, 3.63) is 33.0 Å². The standard InChI is InChI=1S/C6H8ClNO2/c1-3-4-6(5(2)7)8(9)10/h3-4H,1-2H3/b4-3-,6-5-.